The molecular weight excluding hydrogens is 250 g/mol. The molecule has 0 saturated heterocycles. The van der Waals surface area contributed by atoms with Gasteiger partial charge in [-0.3, -0.25) is 4.68 Å². The van der Waals surface area contributed by atoms with Crippen molar-refractivity contribution in [2.24, 2.45) is 0 Å². The normalized spacial score (nSPS) is 19.1. The zero-order valence-electron chi connectivity index (χ0n) is 12.5. The first-order chi connectivity index (χ1) is 9.55. The number of aromatic nitrogens is 4. The molecule has 0 aromatic carbocycles. The second kappa shape index (κ2) is 5.05. The molecule has 0 unspecified atom stereocenters. The molecule has 1 atom stereocenters. The van der Waals surface area contributed by atoms with E-state index in [4.69, 9.17) is 0 Å². The quantitative estimate of drug-likeness (QED) is 0.903. The first kappa shape index (κ1) is 13.4. The van der Waals surface area contributed by atoms with Gasteiger partial charge in [0.05, 0.1) is 18.1 Å². The van der Waals surface area contributed by atoms with E-state index < -0.39 is 0 Å². The van der Waals surface area contributed by atoms with Crippen LogP contribution in [0, 0.1) is 0 Å². The van der Waals surface area contributed by atoms with Crippen LogP contribution in [0.5, 0.6) is 0 Å². The van der Waals surface area contributed by atoms with Gasteiger partial charge < -0.3 is 10.3 Å². The highest BCUT2D eigenvalue weighted by Crippen LogP contribution is 2.32. The molecular formula is C15H23N5. The van der Waals surface area contributed by atoms with E-state index in [1.165, 1.54) is 24.1 Å². The molecule has 108 valence electrons. The Morgan fingerprint density at radius 3 is 2.95 bits per heavy atom. The molecule has 0 aliphatic heterocycles. The lowest BCUT2D eigenvalue weighted by atomic mass is 9.92. The number of rotatable bonds is 3. The van der Waals surface area contributed by atoms with Crippen molar-refractivity contribution < 1.29 is 0 Å². The SMILES string of the molecule is CC(C)(C)n1ncc2c1CCC[C@@H]2NCc1cnc[nH]1. The zero-order chi connectivity index (χ0) is 14.2. The van der Waals surface area contributed by atoms with Crippen molar-refractivity contribution in [2.75, 3.05) is 0 Å². The molecule has 2 aromatic rings. The molecule has 0 spiro atoms. The van der Waals surface area contributed by atoms with Gasteiger partial charge in [-0.15, -0.1) is 0 Å². The zero-order valence-corrected chi connectivity index (χ0v) is 12.5. The molecule has 20 heavy (non-hydrogen) atoms. The van der Waals surface area contributed by atoms with Crippen molar-refractivity contribution in [3.63, 3.8) is 0 Å². The Morgan fingerprint density at radius 1 is 1.40 bits per heavy atom. The number of hydrogen-bond donors (Lipinski definition) is 2. The van der Waals surface area contributed by atoms with E-state index in [2.05, 4.69) is 45.8 Å². The Labute approximate surface area is 119 Å². The molecule has 0 saturated carbocycles. The van der Waals surface area contributed by atoms with Crippen LogP contribution in [0.2, 0.25) is 0 Å². The van der Waals surface area contributed by atoms with Crippen molar-refractivity contribution >= 4 is 0 Å². The van der Waals surface area contributed by atoms with Crippen molar-refractivity contribution in [1.82, 2.24) is 25.1 Å². The van der Waals surface area contributed by atoms with E-state index in [-0.39, 0.29) is 5.54 Å². The Bertz CT molecular complexity index is 562. The molecule has 0 radical (unpaired) electrons. The Morgan fingerprint density at radius 2 is 2.25 bits per heavy atom. The third kappa shape index (κ3) is 2.50. The first-order valence-corrected chi connectivity index (χ1v) is 7.33. The molecule has 5 heteroatoms. The van der Waals surface area contributed by atoms with E-state index in [1.54, 1.807) is 6.33 Å². The molecule has 0 bridgehead atoms. The molecule has 5 nitrogen and oxygen atoms in total. The Hall–Kier alpha value is -1.62. The third-order valence-corrected chi connectivity index (χ3v) is 3.91. The summed E-state index contributed by atoms with van der Waals surface area (Å²) < 4.78 is 2.19. The topological polar surface area (TPSA) is 58.5 Å². The van der Waals surface area contributed by atoms with Gasteiger partial charge in [-0.2, -0.15) is 5.10 Å². The fourth-order valence-electron chi connectivity index (χ4n) is 2.96. The number of aromatic amines is 1. The first-order valence-electron chi connectivity index (χ1n) is 7.33. The fourth-order valence-corrected chi connectivity index (χ4v) is 2.96. The fraction of sp³-hybridized carbons (Fsp3) is 0.600. The van der Waals surface area contributed by atoms with Crippen LogP contribution in [-0.2, 0) is 18.5 Å². The van der Waals surface area contributed by atoms with Crippen molar-refractivity contribution in [2.45, 2.75) is 58.2 Å². The summed E-state index contributed by atoms with van der Waals surface area (Å²) in [7, 11) is 0. The average molecular weight is 273 g/mol. The van der Waals surface area contributed by atoms with Crippen molar-refractivity contribution in [3.05, 3.63) is 35.7 Å². The standard InChI is InChI=1S/C15H23N5/c1-15(2,3)20-14-6-4-5-13(12(14)9-19-20)17-8-11-7-16-10-18-11/h7,9-10,13,17H,4-6,8H2,1-3H3,(H,16,18)/t13-/m0/s1. The van der Waals surface area contributed by atoms with Gasteiger partial charge in [0.2, 0.25) is 0 Å². The molecule has 0 amide bonds. The highest BCUT2D eigenvalue weighted by atomic mass is 15.3. The van der Waals surface area contributed by atoms with Crippen LogP contribution in [0.4, 0.5) is 0 Å². The molecule has 2 aromatic heterocycles. The lowest BCUT2D eigenvalue weighted by molar-refractivity contribution is 0.334. The predicted octanol–water partition coefficient (Wildman–Crippen LogP) is 2.53. The molecule has 3 rings (SSSR count). The van der Waals surface area contributed by atoms with Crippen LogP contribution in [0.3, 0.4) is 0 Å². The maximum Gasteiger partial charge on any atom is 0.0922 e. The van der Waals surface area contributed by atoms with E-state index in [0.717, 1.165) is 18.7 Å². The summed E-state index contributed by atoms with van der Waals surface area (Å²) in [5.74, 6) is 0. The van der Waals surface area contributed by atoms with Crippen LogP contribution in [0.1, 0.15) is 56.6 Å². The number of nitrogens with zero attached hydrogens (tertiary/aromatic N) is 3. The molecule has 0 fully saturated rings. The second-order valence-corrected chi connectivity index (χ2v) is 6.53. The van der Waals surface area contributed by atoms with Crippen molar-refractivity contribution in [1.29, 1.82) is 0 Å². The molecule has 1 aliphatic rings. The minimum Gasteiger partial charge on any atom is -0.347 e. The highest BCUT2D eigenvalue weighted by molar-refractivity contribution is 5.26. The smallest absolute Gasteiger partial charge is 0.0922 e. The highest BCUT2D eigenvalue weighted by Gasteiger charge is 2.27. The Kier molecular flexibility index (Phi) is 3.38. The van der Waals surface area contributed by atoms with Gasteiger partial charge in [0.1, 0.15) is 0 Å². The lowest BCUT2D eigenvalue weighted by Crippen LogP contribution is -2.29. The summed E-state index contributed by atoms with van der Waals surface area (Å²) >= 11 is 0. The lowest BCUT2D eigenvalue weighted by Gasteiger charge is -2.28. The molecule has 1 aliphatic carbocycles. The van der Waals surface area contributed by atoms with E-state index in [9.17, 15) is 0 Å². The number of imidazole rings is 1. The summed E-state index contributed by atoms with van der Waals surface area (Å²) in [6, 6.07) is 0.401. The Balaban J connectivity index is 1.78. The summed E-state index contributed by atoms with van der Waals surface area (Å²) in [5, 5.41) is 8.24. The maximum atomic E-state index is 4.62. The van der Waals surface area contributed by atoms with Gasteiger partial charge in [0, 0.05) is 35.7 Å². The largest absolute Gasteiger partial charge is 0.347 e. The minimum absolute atomic E-state index is 0.0544. The number of nitrogens with one attached hydrogen (secondary N) is 2. The summed E-state index contributed by atoms with van der Waals surface area (Å²) in [6.45, 7) is 7.45. The van der Waals surface area contributed by atoms with Crippen LogP contribution in [-0.4, -0.2) is 19.7 Å². The van der Waals surface area contributed by atoms with Crippen LogP contribution < -0.4 is 5.32 Å². The van der Waals surface area contributed by atoms with E-state index in [0.29, 0.717) is 6.04 Å². The average Bonchev–Trinajstić information content (AvgIpc) is 3.04. The van der Waals surface area contributed by atoms with E-state index in [1.807, 2.05) is 12.4 Å². The van der Waals surface area contributed by atoms with Gasteiger partial charge in [0.15, 0.2) is 0 Å². The number of fused-ring (bicyclic) bond motifs is 1. The molecule has 2 N–H and O–H groups in total. The number of hydrogen-bond acceptors (Lipinski definition) is 3. The van der Waals surface area contributed by atoms with E-state index >= 15 is 0 Å². The van der Waals surface area contributed by atoms with Gasteiger partial charge in [0.25, 0.3) is 0 Å². The van der Waals surface area contributed by atoms with Crippen LogP contribution >= 0.6 is 0 Å². The van der Waals surface area contributed by atoms with Gasteiger partial charge >= 0.3 is 0 Å². The van der Waals surface area contributed by atoms with Crippen LogP contribution in [0.25, 0.3) is 0 Å². The monoisotopic (exact) mass is 273 g/mol. The predicted molar refractivity (Wildman–Crippen MR) is 78.3 cm³/mol. The summed E-state index contributed by atoms with van der Waals surface area (Å²) in [4.78, 5) is 7.19. The summed E-state index contributed by atoms with van der Waals surface area (Å²) in [6.07, 6.45) is 9.17. The van der Waals surface area contributed by atoms with Gasteiger partial charge in [-0.05, 0) is 40.0 Å². The summed E-state index contributed by atoms with van der Waals surface area (Å²) in [5.41, 5.74) is 3.94. The number of H-pyrrole nitrogens is 1. The molecule has 2 heterocycles. The van der Waals surface area contributed by atoms with Crippen molar-refractivity contribution in [3.8, 4) is 0 Å². The third-order valence-electron chi connectivity index (χ3n) is 3.91. The second-order valence-electron chi connectivity index (χ2n) is 6.53. The van der Waals surface area contributed by atoms with Gasteiger partial charge in [-0.25, -0.2) is 4.98 Å². The minimum atomic E-state index is 0.0544. The van der Waals surface area contributed by atoms with Crippen LogP contribution in [0.15, 0.2) is 18.7 Å². The van der Waals surface area contributed by atoms with Gasteiger partial charge in [-0.1, -0.05) is 0 Å². The maximum absolute atomic E-state index is 4.62.